The molecule has 0 spiro atoms. The normalized spacial score (nSPS) is 16.0. The van der Waals surface area contributed by atoms with Gasteiger partial charge in [0.05, 0.1) is 18.4 Å². The zero-order chi connectivity index (χ0) is 26.1. The Hall–Kier alpha value is -3.88. The van der Waals surface area contributed by atoms with E-state index in [9.17, 15) is 13.6 Å². The number of anilines is 1. The van der Waals surface area contributed by atoms with Gasteiger partial charge in [-0.3, -0.25) is 4.79 Å². The predicted molar refractivity (Wildman–Crippen MR) is 135 cm³/mol. The van der Waals surface area contributed by atoms with Crippen molar-refractivity contribution in [3.05, 3.63) is 77.0 Å². The Labute approximate surface area is 213 Å². The van der Waals surface area contributed by atoms with Crippen LogP contribution in [-0.2, 0) is 11.2 Å². The monoisotopic (exact) mass is 508 g/mol. The highest BCUT2D eigenvalue weighted by Gasteiger charge is 2.26. The van der Waals surface area contributed by atoms with Crippen molar-refractivity contribution in [2.75, 3.05) is 24.6 Å². The number of ether oxygens (including phenoxy) is 1. The molecule has 0 saturated heterocycles. The Kier molecular flexibility index (Phi) is 6.86. The van der Waals surface area contributed by atoms with E-state index >= 15 is 4.39 Å². The zero-order valence-corrected chi connectivity index (χ0v) is 20.7. The molecular formula is C28H27F3N4O2. The van der Waals surface area contributed by atoms with Gasteiger partial charge in [-0.1, -0.05) is 19.1 Å². The maximum Gasteiger partial charge on any atom is 0.244 e. The Morgan fingerprint density at radius 3 is 2.73 bits per heavy atom. The molecule has 0 aliphatic carbocycles. The highest BCUT2D eigenvalue weighted by molar-refractivity contribution is 5.97. The molecule has 1 atom stereocenters. The number of fused-ring (bicyclic) bond motifs is 1. The van der Waals surface area contributed by atoms with Crippen molar-refractivity contribution in [3.63, 3.8) is 0 Å². The number of benzene rings is 2. The van der Waals surface area contributed by atoms with E-state index < -0.39 is 17.5 Å². The van der Waals surface area contributed by atoms with Crippen molar-refractivity contribution in [3.8, 4) is 17.0 Å². The van der Waals surface area contributed by atoms with Gasteiger partial charge in [0.1, 0.15) is 23.9 Å². The van der Waals surface area contributed by atoms with Crippen LogP contribution in [0.15, 0.2) is 42.6 Å². The van der Waals surface area contributed by atoms with Crippen molar-refractivity contribution >= 4 is 17.2 Å². The lowest BCUT2D eigenvalue weighted by Crippen LogP contribution is -2.39. The molecule has 3 heterocycles. The maximum atomic E-state index is 15.0. The molecule has 0 fully saturated rings. The Morgan fingerprint density at radius 1 is 1.14 bits per heavy atom. The van der Waals surface area contributed by atoms with E-state index in [1.807, 2.05) is 6.92 Å². The summed E-state index contributed by atoms with van der Waals surface area (Å²) in [6.07, 6.45) is 4.01. The molecule has 1 N–H and O–H groups in total. The molecule has 5 rings (SSSR count). The minimum absolute atomic E-state index is 0.0307. The molecule has 0 saturated carbocycles. The predicted octanol–water partition coefficient (Wildman–Crippen LogP) is 5.05. The average molecular weight is 509 g/mol. The number of hydrogen-bond donors (Lipinski definition) is 1. The average Bonchev–Trinajstić information content (AvgIpc) is 2.89. The summed E-state index contributed by atoms with van der Waals surface area (Å²) in [5.41, 5.74) is 2.41. The second-order valence-corrected chi connectivity index (χ2v) is 9.29. The molecule has 2 aromatic carbocycles. The first-order valence-corrected chi connectivity index (χ1v) is 12.4. The standard InChI is InChI=1S/C28H27F3N4O2/c1-3-16(2)35-8-9-37-28-22(30)12-19(13-24(28)35)27-23(31)15-33-25(34-27)11-17-4-5-20(21(29)10-17)18-6-7-32-26(36)14-18/h4-5,10,12-16H,3,6-9,11H2,1-2H3,(H,32,36). The van der Waals surface area contributed by atoms with Crippen LogP contribution in [-0.4, -0.2) is 41.6 Å². The van der Waals surface area contributed by atoms with E-state index in [4.69, 9.17) is 4.74 Å². The van der Waals surface area contributed by atoms with Gasteiger partial charge in [0.2, 0.25) is 5.91 Å². The van der Waals surface area contributed by atoms with E-state index in [-0.39, 0.29) is 41.2 Å². The summed E-state index contributed by atoms with van der Waals surface area (Å²) >= 11 is 0. The molecule has 6 nitrogen and oxygen atoms in total. The van der Waals surface area contributed by atoms with Gasteiger partial charge in [0.15, 0.2) is 17.4 Å². The van der Waals surface area contributed by atoms with Crippen LogP contribution < -0.4 is 15.0 Å². The summed E-state index contributed by atoms with van der Waals surface area (Å²) in [6.45, 7) is 5.54. The van der Waals surface area contributed by atoms with Crippen LogP contribution in [0, 0.1) is 17.5 Å². The third-order valence-corrected chi connectivity index (χ3v) is 6.84. The second kappa shape index (κ2) is 10.2. The molecule has 1 amide bonds. The van der Waals surface area contributed by atoms with Gasteiger partial charge in [-0.2, -0.15) is 0 Å². The van der Waals surface area contributed by atoms with Crippen LogP contribution in [0.5, 0.6) is 5.75 Å². The molecule has 3 aromatic rings. The first kappa shape index (κ1) is 24.8. The molecular weight excluding hydrogens is 481 g/mol. The number of nitrogens with one attached hydrogen (secondary N) is 1. The molecule has 0 bridgehead atoms. The fraction of sp³-hybridized carbons (Fsp3) is 0.321. The van der Waals surface area contributed by atoms with Crippen LogP contribution in [0.3, 0.4) is 0 Å². The number of hydrogen-bond acceptors (Lipinski definition) is 5. The topological polar surface area (TPSA) is 67.3 Å². The molecule has 1 aromatic heterocycles. The lowest BCUT2D eigenvalue weighted by atomic mass is 9.97. The van der Waals surface area contributed by atoms with Crippen molar-refractivity contribution in [1.29, 1.82) is 0 Å². The zero-order valence-electron chi connectivity index (χ0n) is 20.7. The summed E-state index contributed by atoms with van der Waals surface area (Å²) in [4.78, 5) is 22.1. The van der Waals surface area contributed by atoms with Gasteiger partial charge >= 0.3 is 0 Å². The van der Waals surface area contributed by atoms with Crippen LogP contribution in [0.25, 0.3) is 16.8 Å². The van der Waals surface area contributed by atoms with Gasteiger partial charge in [-0.25, -0.2) is 23.1 Å². The van der Waals surface area contributed by atoms with E-state index in [1.54, 1.807) is 18.2 Å². The fourth-order valence-electron chi connectivity index (χ4n) is 4.73. The van der Waals surface area contributed by atoms with Gasteiger partial charge < -0.3 is 15.0 Å². The Balaban J connectivity index is 1.45. The van der Waals surface area contributed by atoms with Crippen molar-refractivity contribution in [1.82, 2.24) is 15.3 Å². The maximum absolute atomic E-state index is 15.0. The molecule has 37 heavy (non-hydrogen) atoms. The van der Waals surface area contributed by atoms with E-state index in [0.717, 1.165) is 12.6 Å². The van der Waals surface area contributed by atoms with Crippen LogP contribution in [0.4, 0.5) is 18.9 Å². The molecule has 192 valence electrons. The van der Waals surface area contributed by atoms with Crippen molar-refractivity contribution < 1.29 is 22.7 Å². The Bertz CT molecular complexity index is 1390. The van der Waals surface area contributed by atoms with Crippen LogP contribution >= 0.6 is 0 Å². The van der Waals surface area contributed by atoms with E-state index in [2.05, 4.69) is 27.1 Å². The number of halogens is 3. The lowest BCUT2D eigenvalue weighted by Gasteiger charge is -2.36. The summed E-state index contributed by atoms with van der Waals surface area (Å²) in [7, 11) is 0. The first-order valence-electron chi connectivity index (χ1n) is 12.4. The van der Waals surface area contributed by atoms with E-state index in [1.165, 1.54) is 18.2 Å². The number of rotatable bonds is 6. The van der Waals surface area contributed by atoms with Crippen LogP contribution in [0.1, 0.15) is 43.6 Å². The summed E-state index contributed by atoms with van der Waals surface area (Å²) in [5, 5.41) is 2.68. The van der Waals surface area contributed by atoms with Crippen LogP contribution in [0.2, 0.25) is 0 Å². The third-order valence-electron chi connectivity index (χ3n) is 6.84. The second-order valence-electron chi connectivity index (χ2n) is 9.29. The summed E-state index contributed by atoms with van der Waals surface area (Å²) < 4.78 is 50.3. The smallest absolute Gasteiger partial charge is 0.244 e. The SMILES string of the molecule is CCC(C)N1CCOc2c(F)cc(-c3nc(Cc4ccc(C5=CC(=O)NCC5)c(F)c4)ncc3F)cc21. The number of aromatic nitrogens is 2. The number of carbonyl (C=O) groups is 1. The Morgan fingerprint density at radius 2 is 1.97 bits per heavy atom. The molecule has 0 radical (unpaired) electrons. The minimum atomic E-state index is -0.682. The highest BCUT2D eigenvalue weighted by atomic mass is 19.1. The van der Waals surface area contributed by atoms with Crippen molar-refractivity contribution in [2.45, 2.75) is 39.2 Å². The fourth-order valence-corrected chi connectivity index (χ4v) is 4.73. The van der Waals surface area contributed by atoms with Gasteiger partial charge in [-0.15, -0.1) is 0 Å². The van der Waals surface area contributed by atoms with Gasteiger partial charge in [0.25, 0.3) is 0 Å². The molecule has 1 unspecified atom stereocenters. The number of amides is 1. The highest BCUT2D eigenvalue weighted by Crippen LogP contribution is 2.39. The molecule has 2 aliphatic rings. The third kappa shape index (κ3) is 5.03. The van der Waals surface area contributed by atoms with E-state index in [0.29, 0.717) is 48.5 Å². The number of carbonyl (C=O) groups excluding carboxylic acids is 1. The minimum Gasteiger partial charge on any atom is -0.486 e. The number of nitrogens with zero attached hydrogens (tertiary/aromatic N) is 3. The lowest BCUT2D eigenvalue weighted by molar-refractivity contribution is -0.116. The molecule has 9 heteroatoms. The van der Waals surface area contributed by atoms with Crippen molar-refractivity contribution in [2.24, 2.45) is 0 Å². The largest absolute Gasteiger partial charge is 0.486 e. The van der Waals surface area contributed by atoms with Gasteiger partial charge in [-0.05, 0) is 49.1 Å². The molecule has 2 aliphatic heterocycles. The summed E-state index contributed by atoms with van der Waals surface area (Å²) in [6, 6.07) is 7.80. The van der Waals surface area contributed by atoms with Gasteiger partial charge in [0, 0.05) is 36.2 Å². The first-order chi connectivity index (χ1) is 17.8. The summed E-state index contributed by atoms with van der Waals surface area (Å²) in [5.74, 6) is -1.53. The quantitative estimate of drug-likeness (QED) is 0.505.